The van der Waals surface area contributed by atoms with Gasteiger partial charge in [0.15, 0.2) is 5.65 Å². The first-order valence-electron chi connectivity index (χ1n) is 13.4. The summed E-state index contributed by atoms with van der Waals surface area (Å²) >= 11 is 6.32. The molecule has 1 aliphatic rings. The summed E-state index contributed by atoms with van der Waals surface area (Å²) < 4.78 is 3.47. The lowest BCUT2D eigenvalue weighted by molar-refractivity contribution is 0.0965. The van der Waals surface area contributed by atoms with Crippen LogP contribution in [0.5, 0.6) is 0 Å². The van der Waals surface area contributed by atoms with Crippen LogP contribution in [0.1, 0.15) is 54.1 Å². The molecular formula is C31H28ClN7O. The van der Waals surface area contributed by atoms with Crippen molar-refractivity contribution in [3.8, 4) is 17.3 Å². The summed E-state index contributed by atoms with van der Waals surface area (Å²) in [6.07, 6.45) is 12.0. The number of benzene rings is 2. The van der Waals surface area contributed by atoms with Crippen LogP contribution in [-0.4, -0.2) is 30.2 Å². The molecule has 0 radical (unpaired) electrons. The number of nitrogens with one attached hydrogen (secondary N) is 1. The number of aromatic nitrogens is 5. The van der Waals surface area contributed by atoms with Gasteiger partial charge in [0.2, 0.25) is 0 Å². The first-order chi connectivity index (χ1) is 19.5. The van der Waals surface area contributed by atoms with Crippen molar-refractivity contribution in [1.29, 1.82) is 5.26 Å². The second kappa shape index (κ2) is 10.9. The van der Waals surface area contributed by atoms with Gasteiger partial charge in [0, 0.05) is 34.1 Å². The fraction of sp³-hybridized carbons (Fsp3) is 0.258. The molecular weight excluding hydrogens is 522 g/mol. The van der Waals surface area contributed by atoms with E-state index in [1.165, 1.54) is 19.2 Å². The molecule has 3 heterocycles. The number of fused-ring (bicyclic) bond motifs is 1. The molecule has 0 saturated heterocycles. The number of para-hydroxylation sites is 1. The third-order valence-electron chi connectivity index (χ3n) is 7.85. The Morgan fingerprint density at radius 3 is 2.75 bits per heavy atom. The number of carbonyl (C=O) groups excluding carboxylic acids is 1. The molecule has 1 saturated carbocycles. The number of rotatable bonds is 7. The molecule has 2 aromatic carbocycles. The minimum atomic E-state index is -0.214. The fourth-order valence-corrected chi connectivity index (χ4v) is 5.87. The van der Waals surface area contributed by atoms with E-state index in [1.807, 2.05) is 60.3 Å². The van der Waals surface area contributed by atoms with Crippen LogP contribution in [0.25, 0.3) is 22.3 Å². The van der Waals surface area contributed by atoms with Crippen molar-refractivity contribution >= 4 is 39.9 Å². The second-order valence-electron chi connectivity index (χ2n) is 10.2. The molecule has 40 heavy (non-hydrogen) atoms. The lowest BCUT2D eigenvalue weighted by Gasteiger charge is -2.21. The maximum atomic E-state index is 13.8. The minimum absolute atomic E-state index is 0.0527. The van der Waals surface area contributed by atoms with Crippen molar-refractivity contribution in [2.45, 2.75) is 45.1 Å². The van der Waals surface area contributed by atoms with Gasteiger partial charge in [-0.1, -0.05) is 42.6 Å². The number of nitrogens with zero attached hydrogens (tertiary/aromatic N) is 6. The van der Waals surface area contributed by atoms with Crippen LogP contribution in [0.15, 0.2) is 73.4 Å². The molecule has 6 rings (SSSR count). The van der Waals surface area contributed by atoms with E-state index in [0.29, 0.717) is 40.0 Å². The van der Waals surface area contributed by atoms with Crippen LogP contribution >= 0.6 is 11.6 Å². The van der Waals surface area contributed by atoms with Crippen LogP contribution in [0.3, 0.4) is 0 Å². The smallest absolute Gasteiger partial charge is 0.265 e. The summed E-state index contributed by atoms with van der Waals surface area (Å²) in [7, 11) is 0. The van der Waals surface area contributed by atoms with Gasteiger partial charge in [0.05, 0.1) is 41.7 Å². The van der Waals surface area contributed by atoms with Crippen molar-refractivity contribution in [1.82, 2.24) is 24.3 Å². The van der Waals surface area contributed by atoms with Gasteiger partial charge < -0.3 is 5.32 Å². The Balaban J connectivity index is 1.33. The summed E-state index contributed by atoms with van der Waals surface area (Å²) in [6.45, 7) is 1.94. The highest BCUT2D eigenvalue weighted by Crippen LogP contribution is 2.37. The summed E-state index contributed by atoms with van der Waals surface area (Å²) in [5, 5.41) is 18.9. The fourth-order valence-electron chi connectivity index (χ4n) is 5.70. The van der Waals surface area contributed by atoms with Crippen molar-refractivity contribution in [2.75, 3.05) is 5.32 Å². The summed E-state index contributed by atoms with van der Waals surface area (Å²) in [4.78, 5) is 22.9. The first-order valence-corrected chi connectivity index (χ1v) is 13.8. The molecule has 1 aliphatic carbocycles. The topological polar surface area (TPSA) is 101 Å². The van der Waals surface area contributed by atoms with Gasteiger partial charge in [-0.25, -0.2) is 9.97 Å². The van der Waals surface area contributed by atoms with Crippen LogP contribution in [0, 0.1) is 24.2 Å². The molecule has 9 heteroatoms. The maximum Gasteiger partial charge on any atom is 0.265 e. The van der Waals surface area contributed by atoms with Gasteiger partial charge in [0.1, 0.15) is 6.33 Å². The highest BCUT2D eigenvalue weighted by Gasteiger charge is 2.27. The van der Waals surface area contributed by atoms with E-state index in [2.05, 4.69) is 26.5 Å². The minimum Gasteiger partial charge on any atom is -0.355 e. The van der Waals surface area contributed by atoms with Crippen LogP contribution in [0.2, 0.25) is 5.02 Å². The lowest BCUT2D eigenvalue weighted by atomic mass is 9.96. The number of halogens is 1. The first kappa shape index (κ1) is 25.8. The van der Waals surface area contributed by atoms with Gasteiger partial charge in [0.25, 0.3) is 5.91 Å². The summed E-state index contributed by atoms with van der Waals surface area (Å²) in [5.41, 5.74) is 4.96. The Labute approximate surface area is 237 Å². The van der Waals surface area contributed by atoms with E-state index >= 15 is 0 Å². The van der Waals surface area contributed by atoms with Crippen LogP contribution < -0.4 is 5.32 Å². The normalized spacial score (nSPS) is 14.3. The zero-order valence-electron chi connectivity index (χ0n) is 22.1. The molecule has 0 aliphatic heterocycles. The molecule has 5 aromatic rings. The standard InChI is InChI=1S/C31H28ClN7O/c1-20-25(32)10-6-12-26(20)37-27-11-5-4-9-23(27)31(40)38-16-14-24-29(34-19-35-30(24)38)22-17-36-39(18-22)28(13-15-33)21-7-2-3-8-21/h4-6,9-12,14,16-19,21,28,37H,2-3,7-8,13H2,1H3. The molecule has 3 aromatic heterocycles. The molecule has 1 atom stereocenters. The average molecular weight is 550 g/mol. The molecule has 1 fully saturated rings. The number of hydrogen-bond acceptors (Lipinski definition) is 6. The summed E-state index contributed by atoms with van der Waals surface area (Å²) in [6, 6.07) is 17.3. The van der Waals surface area contributed by atoms with Gasteiger partial charge in [-0.2, -0.15) is 10.4 Å². The molecule has 1 N–H and O–H groups in total. The van der Waals surface area contributed by atoms with E-state index in [0.717, 1.165) is 35.0 Å². The molecule has 1 unspecified atom stereocenters. The highest BCUT2D eigenvalue weighted by molar-refractivity contribution is 6.31. The monoisotopic (exact) mass is 549 g/mol. The largest absolute Gasteiger partial charge is 0.355 e. The molecule has 8 nitrogen and oxygen atoms in total. The van der Waals surface area contributed by atoms with E-state index in [1.54, 1.807) is 23.0 Å². The predicted octanol–water partition coefficient (Wildman–Crippen LogP) is 7.33. The predicted molar refractivity (Wildman–Crippen MR) is 156 cm³/mol. The average Bonchev–Trinajstić information content (AvgIpc) is 3.75. The number of carbonyl (C=O) groups is 1. The number of anilines is 2. The third kappa shape index (κ3) is 4.74. The van der Waals surface area contributed by atoms with Crippen LogP contribution in [-0.2, 0) is 0 Å². The highest BCUT2D eigenvalue weighted by atomic mass is 35.5. The van der Waals surface area contributed by atoms with Gasteiger partial charge >= 0.3 is 0 Å². The van der Waals surface area contributed by atoms with Crippen molar-refractivity contribution in [3.63, 3.8) is 0 Å². The third-order valence-corrected chi connectivity index (χ3v) is 8.26. The second-order valence-corrected chi connectivity index (χ2v) is 10.6. The molecule has 0 bridgehead atoms. The van der Waals surface area contributed by atoms with Gasteiger partial charge in [-0.05, 0) is 61.6 Å². The van der Waals surface area contributed by atoms with E-state index in [4.69, 9.17) is 11.6 Å². The quantitative estimate of drug-likeness (QED) is 0.228. The summed E-state index contributed by atoms with van der Waals surface area (Å²) in [5.74, 6) is 0.245. The Kier molecular flexibility index (Phi) is 7.06. The Morgan fingerprint density at radius 1 is 1.12 bits per heavy atom. The zero-order chi connectivity index (χ0) is 27.6. The lowest BCUT2D eigenvalue weighted by Crippen LogP contribution is -2.17. The molecule has 200 valence electrons. The van der Waals surface area contributed by atoms with Crippen molar-refractivity contribution in [3.05, 3.63) is 89.6 Å². The molecule has 0 spiro atoms. The van der Waals surface area contributed by atoms with Crippen LogP contribution in [0.4, 0.5) is 11.4 Å². The van der Waals surface area contributed by atoms with E-state index in [-0.39, 0.29) is 11.9 Å². The SMILES string of the molecule is Cc1c(Cl)cccc1Nc1ccccc1C(=O)n1ccc2c(-c3cnn(C(CC#N)C4CCCC4)c3)ncnc21. The number of nitriles is 1. The van der Waals surface area contributed by atoms with E-state index in [9.17, 15) is 10.1 Å². The Morgan fingerprint density at radius 2 is 1.93 bits per heavy atom. The van der Waals surface area contributed by atoms with Gasteiger partial charge in [-0.3, -0.25) is 14.0 Å². The number of hydrogen-bond donors (Lipinski definition) is 1. The Hall–Kier alpha value is -4.48. The van der Waals surface area contributed by atoms with Gasteiger partial charge in [-0.15, -0.1) is 0 Å². The van der Waals surface area contributed by atoms with E-state index < -0.39 is 0 Å². The zero-order valence-corrected chi connectivity index (χ0v) is 22.8. The Bertz CT molecular complexity index is 1740. The van der Waals surface area contributed by atoms with Crippen molar-refractivity contribution < 1.29 is 4.79 Å². The van der Waals surface area contributed by atoms with Crippen molar-refractivity contribution in [2.24, 2.45) is 5.92 Å². The molecule has 0 amide bonds. The maximum absolute atomic E-state index is 13.8.